The maximum absolute atomic E-state index is 11.4. The first-order chi connectivity index (χ1) is 7.72. The van der Waals surface area contributed by atoms with Crippen molar-refractivity contribution in [1.82, 2.24) is 0 Å². The number of furan rings is 1. The molecule has 0 amide bonds. The second-order valence-electron chi connectivity index (χ2n) is 3.50. The summed E-state index contributed by atoms with van der Waals surface area (Å²) in [7, 11) is 0. The molecule has 0 aliphatic rings. The highest BCUT2D eigenvalue weighted by Gasteiger charge is 2.14. The van der Waals surface area contributed by atoms with Crippen LogP contribution < -0.4 is 0 Å². The number of carbonyl (C=O) groups excluding carboxylic acids is 1. The van der Waals surface area contributed by atoms with Crippen LogP contribution >= 0.6 is 11.6 Å². The molecule has 16 heavy (non-hydrogen) atoms. The number of hydrogen-bond donors (Lipinski definition) is 0. The third-order valence-electron chi connectivity index (χ3n) is 2.37. The quantitative estimate of drug-likeness (QED) is 0.596. The fraction of sp³-hybridized carbons (Fsp3) is 0.154. The molecule has 0 unspecified atom stereocenters. The molecule has 82 valence electrons. The Morgan fingerprint density at radius 2 is 2.00 bits per heavy atom. The zero-order chi connectivity index (χ0) is 11.5. The summed E-state index contributed by atoms with van der Waals surface area (Å²) in [6.07, 6.45) is 0. The third-order valence-corrected chi connectivity index (χ3v) is 2.61. The summed E-state index contributed by atoms with van der Waals surface area (Å²) in [5, 5.41) is 0. The predicted molar refractivity (Wildman–Crippen MR) is 63.7 cm³/mol. The number of rotatable bonds is 3. The maximum Gasteiger partial charge on any atom is 0.163 e. The van der Waals surface area contributed by atoms with E-state index >= 15 is 0 Å². The largest absolute Gasteiger partial charge is 0.459 e. The summed E-state index contributed by atoms with van der Waals surface area (Å²) in [6, 6.07) is 11.4. The number of carbonyl (C=O) groups is 1. The molecule has 0 aliphatic heterocycles. The van der Waals surface area contributed by atoms with Crippen LogP contribution in [0.25, 0.3) is 11.3 Å². The van der Waals surface area contributed by atoms with Gasteiger partial charge in [-0.25, -0.2) is 0 Å². The maximum atomic E-state index is 11.4. The lowest BCUT2D eigenvalue weighted by atomic mass is 10.1. The van der Waals surface area contributed by atoms with E-state index in [1.165, 1.54) is 6.92 Å². The molecule has 3 heteroatoms. The van der Waals surface area contributed by atoms with E-state index in [1.54, 1.807) is 6.07 Å². The third kappa shape index (κ3) is 2.02. The number of alkyl halides is 1. The average molecular weight is 235 g/mol. The Labute approximate surface area is 98.8 Å². The van der Waals surface area contributed by atoms with Gasteiger partial charge in [-0.15, -0.1) is 11.6 Å². The van der Waals surface area contributed by atoms with Crippen molar-refractivity contribution < 1.29 is 9.21 Å². The smallest absolute Gasteiger partial charge is 0.163 e. The van der Waals surface area contributed by atoms with Gasteiger partial charge in [0.05, 0.1) is 11.4 Å². The highest BCUT2D eigenvalue weighted by Crippen LogP contribution is 2.26. The van der Waals surface area contributed by atoms with Crippen molar-refractivity contribution in [3.63, 3.8) is 0 Å². The predicted octanol–water partition coefficient (Wildman–Crippen LogP) is 3.89. The number of hydrogen-bond acceptors (Lipinski definition) is 2. The van der Waals surface area contributed by atoms with Gasteiger partial charge in [0, 0.05) is 5.56 Å². The van der Waals surface area contributed by atoms with Crippen molar-refractivity contribution in [3.05, 3.63) is 47.7 Å². The summed E-state index contributed by atoms with van der Waals surface area (Å²) in [5.41, 5.74) is 1.51. The van der Waals surface area contributed by atoms with Crippen molar-refractivity contribution in [3.8, 4) is 11.3 Å². The Kier molecular flexibility index (Phi) is 3.11. The molecule has 1 aromatic carbocycles. The summed E-state index contributed by atoms with van der Waals surface area (Å²) >= 11 is 5.73. The Hall–Kier alpha value is -1.54. The summed E-state index contributed by atoms with van der Waals surface area (Å²) in [6.45, 7) is 1.51. The highest BCUT2D eigenvalue weighted by atomic mass is 35.5. The van der Waals surface area contributed by atoms with Gasteiger partial charge in [-0.2, -0.15) is 0 Å². The van der Waals surface area contributed by atoms with Gasteiger partial charge in [0.15, 0.2) is 5.78 Å². The second-order valence-corrected chi connectivity index (χ2v) is 3.77. The lowest BCUT2D eigenvalue weighted by Crippen LogP contribution is -1.92. The molecular formula is C13H11ClO2. The minimum Gasteiger partial charge on any atom is -0.459 e. The fourth-order valence-corrected chi connectivity index (χ4v) is 1.77. The van der Waals surface area contributed by atoms with Crippen molar-refractivity contribution in [2.75, 3.05) is 0 Å². The van der Waals surface area contributed by atoms with Crippen LogP contribution in [0.4, 0.5) is 0 Å². The SMILES string of the molecule is CC(=O)c1cc(-c2ccccc2)oc1CCl. The number of halogens is 1. The van der Waals surface area contributed by atoms with Crippen molar-refractivity contribution >= 4 is 17.4 Å². The number of benzene rings is 1. The molecule has 0 N–H and O–H groups in total. The first kappa shape index (κ1) is 11.0. The zero-order valence-corrected chi connectivity index (χ0v) is 9.62. The first-order valence-corrected chi connectivity index (χ1v) is 5.51. The minimum absolute atomic E-state index is 0.0263. The molecule has 2 nitrogen and oxygen atoms in total. The topological polar surface area (TPSA) is 30.2 Å². The van der Waals surface area contributed by atoms with Gasteiger partial charge in [0.1, 0.15) is 11.5 Å². The molecule has 1 aromatic heterocycles. The van der Waals surface area contributed by atoms with Gasteiger partial charge in [-0.05, 0) is 13.0 Å². The molecule has 0 bridgehead atoms. The lowest BCUT2D eigenvalue weighted by Gasteiger charge is -1.94. The molecule has 0 saturated carbocycles. The molecule has 0 saturated heterocycles. The molecule has 0 aliphatic carbocycles. The van der Waals surface area contributed by atoms with E-state index in [2.05, 4.69) is 0 Å². The van der Waals surface area contributed by atoms with Crippen LogP contribution in [0.2, 0.25) is 0 Å². The Morgan fingerprint density at radius 1 is 1.31 bits per heavy atom. The van der Waals surface area contributed by atoms with Crippen LogP contribution in [0, 0.1) is 0 Å². The Bertz CT molecular complexity index is 500. The van der Waals surface area contributed by atoms with Crippen molar-refractivity contribution in [1.29, 1.82) is 0 Å². The van der Waals surface area contributed by atoms with E-state index in [0.29, 0.717) is 17.1 Å². The summed E-state index contributed by atoms with van der Waals surface area (Å²) in [4.78, 5) is 11.4. The van der Waals surface area contributed by atoms with Gasteiger partial charge in [-0.1, -0.05) is 30.3 Å². The Balaban J connectivity index is 2.48. The highest BCUT2D eigenvalue weighted by molar-refractivity contribution is 6.17. The monoisotopic (exact) mass is 234 g/mol. The molecule has 0 radical (unpaired) electrons. The van der Waals surface area contributed by atoms with Gasteiger partial charge in [0.25, 0.3) is 0 Å². The van der Waals surface area contributed by atoms with Crippen LogP contribution in [0.15, 0.2) is 40.8 Å². The molecule has 1 heterocycles. The van der Waals surface area contributed by atoms with E-state index < -0.39 is 0 Å². The van der Waals surface area contributed by atoms with Gasteiger partial charge in [-0.3, -0.25) is 4.79 Å². The summed E-state index contributed by atoms with van der Waals surface area (Å²) < 4.78 is 5.56. The van der Waals surface area contributed by atoms with Crippen LogP contribution in [-0.4, -0.2) is 5.78 Å². The summed E-state index contributed by atoms with van der Waals surface area (Å²) in [5.74, 6) is 1.40. The molecule has 2 aromatic rings. The van der Waals surface area contributed by atoms with Crippen LogP contribution in [0.5, 0.6) is 0 Å². The zero-order valence-electron chi connectivity index (χ0n) is 8.87. The van der Waals surface area contributed by atoms with E-state index in [-0.39, 0.29) is 11.7 Å². The Morgan fingerprint density at radius 3 is 2.50 bits per heavy atom. The normalized spacial score (nSPS) is 10.4. The van der Waals surface area contributed by atoms with Gasteiger partial charge >= 0.3 is 0 Å². The fourth-order valence-electron chi connectivity index (χ4n) is 1.57. The van der Waals surface area contributed by atoms with Gasteiger partial charge in [0.2, 0.25) is 0 Å². The van der Waals surface area contributed by atoms with E-state index in [0.717, 1.165) is 5.56 Å². The lowest BCUT2D eigenvalue weighted by molar-refractivity contribution is 0.101. The number of Topliss-reactive ketones (excluding diaryl/α,β-unsaturated/α-hetero) is 1. The average Bonchev–Trinajstić information content (AvgIpc) is 2.74. The molecule has 2 rings (SSSR count). The van der Waals surface area contributed by atoms with Crippen LogP contribution in [-0.2, 0) is 5.88 Å². The van der Waals surface area contributed by atoms with Gasteiger partial charge < -0.3 is 4.42 Å². The van der Waals surface area contributed by atoms with E-state index in [4.69, 9.17) is 16.0 Å². The van der Waals surface area contributed by atoms with Crippen LogP contribution in [0.3, 0.4) is 0 Å². The molecule has 0 spiro atoms. The molecule has 0 atom stereocenters. The molecular weight excluding hydrogens is 224 g/mol. The van der Waals surface area contributed by atoms with Crippen molar-refractivity contribution in [2.24, 2.45) is 0 Å². The van der Waals surface area contributed by atoms with Crippen LogP contribution in [0.1, 0.15) is 23.0 Å². The van der Waals surface area contributed by atoms with E-state index in [1.807, 2.05) is 30.3 Å². The standard InChI is InChI=1S/C13H11ClO2/c1-9(15)11-7-12(16-13(11)8-14)10-5-3-2-4-6-10/h2-7H,8H2,1H3. The second kappa shape index (κ2) is 4.54. The molecule has 0 fully saturated rings. The van der Waals surface area contributed by atoms with Crippen molar-refractivity contribution in [2.45, 2.75) is 12.8 Å². The first-order valence-electron chi connectivity index (χ1n) is 4.97. The number of ketones is 1. The van der Waals surface area contributed by atoms with E-state index in [9.17, 15) is 4.79 Å². The minimum atomic E-state index is -0.0263.